The zero-order chi connectivity index (χ0) is 39.0. The van der Waals surface area contributed by atoms with E-state index in [-0.39, 0.29) is 24.2 Å². The Labute approximate surface area is 308 Å². The summed E-state index contributed by atoms with van der Waals surface area (Å²) in [6, 6.07) is 4.94. The van der Waals surface area contributed by atoms with Crippen molar-refractivity contribution in [1.82, 2.24) is 5.32 Å². The number of aliphatic carboxylic acids is 3. The first-order valence-corrected chi connectivity index (χ1v) is 18.2. The van der Waals surface area contributed by atoms with Gasteiger partial charge in [0.15, 0.2) is 5.60 Å². The molecule has 286 valence electrons. The molecule has 0 aliphatic heterocycles. The second-order valence-electron chi connectivity index (χ2n) is 14.0. The molecule has 0 aromatic heterocycles. The Hall–Kier alpha value is -4.61. The number of unbranched alkanes of at least 4 members (excludes halogenated alkanes) is 8. The summed E-state index contributed by atoms with van der Waals surface area (Å²) in [5, 5.41) is 42.2. The summed E-state index contributed by atoms with van der Waals surface area (Å²) in [6.45, 7) is 8.31. The number of amides is 1. The zero-order valence-corrected chi connectivity index (χ0v) is 31.2. The molecule has 1 aromatic rings. The van der Waals surface area contributed by atoms with E-state index in [0.717, 1.165) is 51.0 Å². The van der Waals surface area contributed by atoms with Crippen molar-refractivity contribution in [3.63, 3.8) is 0 Å². The molecule has 0 radical (unpaired) electrons. The number of aliphatic hydroxyl groups is 1. The summed E-state index contributed by atoms with van der Waals surface area (Å²) in [5.41, 5.74) is -2.61. The lowest BCUT2D eigenvalue weighted by atomic mass is 9.82. The Balaban J connectivity index is 2.83. The van der Waals surface area contributed by atoms with Crippen molar-refractivity contribution in [3.8, 4) is 29.4 Å². The van der Waals surface area contributed by atoms with Gasteiger partial charge in [0, 0.05) is 24.7 Å². The molecule has 5 N–H and O–H groups in total. The average Bonchev–Trinajstić information content (AvgIpc) is 3.06. The van der Waals surface area contributed by atoms with Crippen LogP contribution in [-0.4, -0.2) is 68.3 Å². The monoisotopic (exact) mass is 723 g/mol. The molecule has 0 unspecified atom stereocenters. The van der Waals surface area contributed by atoms with E-state index in [0.29, 0.717) is 43.4 Å². The molecule has 0 aliphatic rings. The number of benzene rings is 1. The van der Waals surface area contributed by atoms with Gasteiger partial charge in [-0.1, -0.05) is 93.4 Å². The van der Waals surface area contributed by atoms with E-state index in [9.17, 15) is 44.4 Å². The fourth-order valence-electron chi connectivity index (χ4n) is 5.24. The number of carboxylic acids is 3. The molecule has 3 atom stereocenters. The van der Waals surface area contributed by atoms with Crippen LogP contribution in [0.15, 0.2) is 36.4 Å². The predicted molar refractivity (Wildman–Crippen MR) is 198 cm³/mol. The normalized spacial score (nSPS) is 13.4. The van der Waals surface area contributed by atoms with E-state index in [1.807, 2.05) is 20.8 Å². The second kappa shape index (κ2) is 24.6. The highest BCUT2D eigenvalue weighted by molar-refractivity contribution is 5.94. The SMILES string of the molecule is CCCCCCCC(=O)CCCCCC/C=C/[C@H](C(=O)N[C@@H](Cc1ccc(OCC#CCC#CC(C)(C)C)cc1)C(=O)O)[C@@](O)(CC(=O)O)C(=O)O. The molecule has 0 spiro atoms. The number of allylic oxidation sites excluding steroid dienone is 1. The van der Waals surface area contributed by atoms with Crippen LogP contribution in [0, 0.1) is 35.0 Å². The third kappa shape index (κ3) is 19.7. The lowest BCUT2D eigenvalue weighted by Crippen LogP contribution is -2.55. The van der Waals surface area contributed by atoms with Gasteiger partial charge in [-0.2, -0.15) is 0 Å². The molecule has 0 heterocycles. The highest BCUT2D eigenvalue weighted by Gasteiger charge is 2.49. The Kier molecular flexibility index (Phi) is 21.4. The smallest absolute Gasteiger partial charge is 0.337 e. The lowest BCUT2D eigenvalue weighted by Gasteiger charge is -2.29. The number of ketones is 1. The maximum absolute atomic E-state index is 13.4. The molecule has 11 heteroatoms. The van der Waals surface area contributed by atoms with E-state index in [1.165, 1.54) is 12.5 Å². The molecule has 0 bridgehead atoms. The van der Waals surface area contributed by atoms with Gasteiger partial charge in [0.1, 0.15) is 24.2 Å². The molecule has 52 heavy (non-hydrogen) atoms. The van der Waals surface area contributed by atoms with Crippen LogP contribution in [0.25, 0.3) is 0 Å². The van der Waals surface area contributed by atoms with Crippen LogP contribution >= 0.6 is 0 Å². The topological polar surface area (TPSA) is 188 Å². The third-order valence-corrected chi connectivity index (χ3v) is 8.11. The highest BCUT2D eigenvalue weighted by atomic mass is 16.5. The van der Waals surface area contributed by atoms with E-state index >= 15 is 0 Å². The number of hydrogen-bond donors (Lipinski definition) is 5. The van der Waals surface area contributed by atoms with Gasteiger partial charge < -0.3 is 30.5 Å². The van der Waals surface area contributed by atoms with Crippen LogP contribution in [0.2, 0.25) is 0 Å². The maximum atomic E-state index is 13.4. The standard InChI is InChI=1S/C41H57NO10/c1-5-6-7-10-15-20-32(43)21-16-11-8-9-12-17-22-34(41(51,39(49)50)30-36(44)45)37(46)42-35(38(47)48)29-31-23-25-33(26-24-31)52-28-19-14-13-18-27-40(2,3)4/h17,22-26,34-35,51H,5-13,15-16,20-21,28-30H2,1-4H3,(H,42,46)(H,44,45)(H,47,48)(H,49,50)/b22-17+/t34-,35+,41+/m1/s1. The molecular weight excluding hydrogens is 666 g/mol. The summed E-state index contributed by atoms with van der Waals surface area (Å²) < 4.78 is 5.59. The summed E-state index contributed by atoms with van der Waals surface area (Å²) in [6.07, 6.45) is 11.6. The van der Waals surface area contributed by atoms with E-state index in [1.54, 1.807) is 24.3 Å². The van der Waals surface area contributed by atoms with Gasteiger partial charge in [0.25, 0.3) is 0 Å². The third-order valence-electron chi connectivity index (χ3n) is 8.11. The van der Waals surface area contributed by atoms with Gasteiger partial charge in [-0.25, -0.2) is 9.59 Å². The van der Waals surface area contributed by atoms with Crippen molar-refractivity contribution in [1.29, 1.82) is 0 Å². The first-order valence-electron chi connectivity index (χ1n) is 18.2. The van der Waals surface area contributed by atoms with Crippen molar-refractivity contribution in [2.75, 3.05) is 6.61 Å². The molecule has 0 saturated carbocycles. The maximum Gasteiger partial charge on any atom is 0.337 e. The molecule has 1 rings (SSSR count). The van der Waals surface area contributed by atoms with Gasteiger partial charge >= 0.3 is 17.9 Å². The Morgan fingerprint density at radius 1 is 0.846 bits per heavy atom. The van der Waals surface area contributed by atoms with E-state index in [2.05, 4.69) is 35.9 Å². The van der Waals surface area contributed by atoms with Crippen LogP contribution < -0.4 is 10.1 Å². The predicted octanol–water partition coefficient (Wildman–Crippen LogP) is 6.35. The fourth-order valence-corrected chi connectivity index (χ4v) is 5.24. The summed E-state index contributed by atoms with van der Waals surface area (Å²) in [5.74, 6) is 4.60. The quantitative estimate of drug-likeness (QED) is 0.0432. The Morgan fingerprint density at radius 2 is 1.46 bits per heavy atom. The van der Waals surface area contributed by atoms with Crippen LogP contribution in [0.5, 0.6) is 5.75 Å². The zero-order valence-electron chi connectivity index (χ0n) is 31.2. The van der Waals surface area contributed by atoms with E-state index in [4.69, 9.17) is 4.74 Å². The fraction of sp³-hybridized carbons (Fsp3) is 0.585. The molecule has 1 amide bonds. The van der Waals surface area contributed by atoms with Gasteiger partial charge in [0.05, 0.1) is 18.8 Å². The minimum atomic E-state index is -3.03. The van der Waals surface area contributed by atoms with Crippen LogP contribution in [0.1, 0.15) is 123 Å². The number of carbonyl (C=O) groups is 5. The molecule has 0 saturated heterocycles. The minimum absolute atomic E-state index is 0.0965. The van der Waals surface area contributed by atoms with Crippen molar-refractivity contribution in [3.05, 3.63) is 42.0 Å². The van der Waals surface area contributed by atoms with Crippen molar-refractivity contribution >= 4 is 29.6 Å². The van der Waals surface area contributed by atoms with Crippen molar-refractivity contribution in [2.24, 2.45) is 11.3 Å². The first-order chi connectivity index (χ1) is 24.6. The lowest BCUT2D eigenvalue weighted by molar-refractivity contribution is -0.172. The van der Waals surface area contributed by atoms with E-state index < -0.39 is 47.8 Å². The number of rotatable bonds is 25. The first kappa shape index (κ1) is 45.4. The largest absolute Gasteiger partial charge is 0.481 e. The minimum Gasteiger partial charge on any atom is -0.481 e. The van der Waals surface area contributed by atoms with Gasteiger partial charge in [-0.15, -0.1) is 0 Å². The summed E-state index contributed by atoms with van der Waals surface area (Å²) >= 11 is 0. The molecular formula is C41H57NO10. The Bertz CT molecular complexity index is 1450. The average molecular weight is 724 g/mol. The van der Waals surface area contributed by atoms with Gasteiger partial charge in [0.2, 0.25) is 5.91 Å². The number of carbonyl (C=O) groups excluding carboxylic acids is 2. The van der Waals surface area contributed by atoms with Gasteiger partial charge in [-0.05, 0) is 64.2 Å². The van der Waals surface area contributed by atoms with Crippen molar-refractivity contribution in [2.45, 2.75) is 136 Å². The molecule has 0 aliphatic carbocycles. The summed E-state index contributed by atoms with van der Waals surface area (Å²) in [4.78, 5) is 61.2. The number of ether oxygens (including phenoxy) is 1. The molecule has 1 aromatic carbocycles. The summed E-state index contributed by atoms with van der Waals surface area (Å²) in [7, 11) is 0. The number of Topliss-reactive ketones (excluding diaryl/α,β-unsaturated/α-hetero) is 1. The number of hydrogen-bond acceptors (Lipinski definition) is 7. The van der Waals surface area contributed by atoms with Gasteiger partial charge in [-0.3, -0.25) is 14.4 Å². The molecule has 0 fully saturated rings. The number of nitrogens with one attached hydrogen (secondary N) is 1. The second-order valence-corrected chi connectivity index (χ2v) is 14.0. The van der Waals surface area contributed by atoms with Crippen LogP contribution in [0.4, 0.5) is 0 Å². The molecule has 11 nitrogen and oxygen atoms in total. The van der Waals surface area contributed by atoms with Crippen molar-refractivity contribution < 1.29 is 49.1 Å². The number of carboxylic acid groups (broad SMARTS) is 3. The van der Waals surface area contributed by atoms with Crippen LogP contribution in [0.3, 0.4) is 0 Å². The Morgan fingerprint density at radius 3 is 2.02 bits per heavy atom. The highest BCUT2D eigenvalue weighted by Crippen LogP contribution is 2.26. The van der Waals surface area contributed by atoms with Crippen LogP contribution in [-0.2, 0) is 30.4 Å².